The molecule has 1 fully saturated rings. The van der Waals surface area contributed by atoms with Crippen LogP contribution in [0.3, 0.4) is 0 Å². The van der Waals surface area contributed by atoms with Crippen LogP contribution < -0.4 is 16.2 Å². The van der Waals surface area contributed by atoms with E-state index in [4.69, 9.17) is 4.74 Å². The Kier molecular flexibility index (Phi) is 7.77. The van der Waals surface area contributed by atoms with Crippen LogP contribution in [0.4, 0.5) is 0 Å². The van der Waals surface area contributed by atoms with Crippen LogP contribution in [-0.2, 0) is 11.2 Å². The summed E-state index contributed by atoms with van der Waals surface area (Å²) >= 11 is 0. The molecule has 7 nitrogen and oxygen atoms in total. The highest BCUT2D eigenvalue weighted by Crippen LogP contribution is 2.26. The van der Waals surface area contributed by atoms with Crippen molar-refractivity contribution in [2.24, 2.45) is 0 Å². The Hall–Kier alpha value is -2.71. The number of methoxy groups -OCH3 is 1. The van der Waals surface area contributed by atoms with Crippen molar-refractivity contribution in [1.82, 2.24) is 21.1 Å². The monoisotopic (exact) mass is 450 g/mol. The molecule has 1 unspecified atom stereocenters. The van der Waals surface area contributed by atoms with Crippen LogP contribution in [0.5, 0.6) is 0 Å². The number of carbonyl (C=O) groups is 1. The number of hydrogen-bond donors (Lipinski definition) is 4. The van der Waals surface area contributed by atoms with Crippen LogP contribution in [0.15, 0.2) is 66.4 Å². The Morgan fingerprint density at radius 2 is 1.91 bits per heavy atom. The SMILES string of the molecule is COCC1=CC(CN(C)C(=O)c2ccc(C[C@@H]3CC[C@H]([C@H](O)c4ccccc4)N3)cc2)NN1. The lowest BCUT2D eigenvalue weighted by molar-refractivity contribution is 0.0787. The van der Waals surface area contributed by atoms with Crippen molar-refractivity contribution in [3.63, 3.8) is 0 Å². The number of aliphatic hydroxyl groups excluding tert-OH is 1. The molecule has 2 heterocycles. The van der Waals surface area contributed by atoms with Crippen molar-refractivity contribution in [3.05, 3.63) is 83.1 Å². The van der Waals surface area contributed by atoms with E-state index in [-0.39, 0.29) is 18.0 Å². The van der Waals surface area contributed by atoms with Crippen molar-refractivity contribution < 1.29 is 14.6 Å². The van der Waals surface area contributed by atoms with Gasteiger partial charge in [-0.05, 0) is 48.6 Å². The fraction of sp³-hybridized carbons (Fsp3) is 0.423. The molecule has 1 amide bonds. The minimum absolute atomic E-state index is 0.00183. The van der Waals surface area contributed by atoms with Crippen LogP contribution in [0.2, 0.25) is 0 Å². The van der Waals surface area contributed by atoms with Crippen LogP contribution in [0.25, 0.3) is 0 Å². The van der Waals surface area contributed by atoms with Gasteiger partial charge in [0.1, 0.15) is 0 Å². The second kappa shape index (κ2) is 10.9. The van der Waals surface area contributed by atoms with E-state index in [2.05, 4.69) is 16.2 Å². The van der Waals surface area contributed by atoms with E-state index in [1.54, 1.807) is 12.0 Å². The van der Waals surface area contributed by atoms with Gasteiger partial charge in [0.05, 0.1) is 18.8 Å². The number of carbonyl (C=O) groups excluding carboxylic acids is 1. The molecule has 0 aliphatic carbocycles. The number of aliphatic hydroxyl groups is 1. The first kappa shape index (κ1) is 23.4. The van der Waals surface area contributed by atoms with Gasteiger partial charge in [-0.3, -0.25) is 4.79 Å². The molecule has 0 aromatic heterocycles. The van der Waals surface area contributed by atoms with E-state index in [0.717, 1.165) is 30.5 Å². The molecule has 0 saturated carbocycles. The van der Waals surface area contributed by atoms with Gasteiger partial charge in [0.2, 0.25) is 0 Å². The zero-order valence-corrected chi connectivity index (χ0v) is 19.3. The maximum atomic E-state index is 12.8. The van der Waals surface area contributed by atoms with Gasteiger partial charge < -0.3 is 25.5 Å². The van der Waals surface area contributed by atoms with Gasteiger partial charge in [-0.2, -0.15) is 0 Å². The van der Waals surface area contributed by atoms with Gasteiger partial charge in [0.25, 0.3) is 5.91 Å². The molecule has 0 bridgehead atoms. The highest BCUT2D eigenvalue weighted by molar-refractivity contribution is 5.94. The first-order valence-electron chi connectivity index (χ1n) is 11.6. The highest BCUT2D eigenvalue weighted by atomic mass is 16.5. The number of rotatable bonds is 9. The third-order valence-corrected chi connectivity index (χ3v) is 6.42. The molecule has 2 aromatic carbocycles. The van der Waals surface area contributed by atoms with E-state index in [9.17, 15) is 9.90 Å². The summed E-state index contributed by atoms with van der Waals surface area (Å²) in [5.74, 6) is 0.00183. The molecule has 2 aliphatic rings. The molecule has 0 radical (unpaired) electrons. The number of hydrogen-bond acceptors (Lipinski definition) is 6. The topological polar surface area (TPSA) is 85.9 Å². The number of hydrazine groups is 1. The van der Waals surface area contributed by atoms with Gasteiger partial charge in [-0.15, -0.1) is 0 Å². The number of likely N-dealkylation sites (N-methyl/N-ethyl adjacent to an activating group) is 1. The van der Waals surface area contributed by atoms with E-state index >= 15 is 0 Å². The average molecular weight is 451 g/mol. The Balaban J connectivity index is 1.27. The minimum Gasteiger partial charge on any atom is -0.387 e. The molecule has 176 valence electrons. The van der Waals surface area contributed by atoms with Crippen molar-refractivity contribution in [2.45, 2.75) is 43.5 Å². The molecular weight excluding hydrogens is 416 g/mol. The number of benzene rings is 2. The van der Waals surface area contributed by atoms with E-state index < -0.39 is 6.10 Å². The Labute approximate surface area is 195 Å². The zero-order chi connectivity index (χ0) is 23.2. The fourth-order valence-corrected chi connectivity index (χ4v) is 4.66. The molecule has 2 aromatic rings. The van der Waals surface area contributed by atoms with E-state index in [1.807, 2.05) is 67.7 Å². The summed E-state index contributed by atoms with van der Waals surface area (Å²) in [4.78, 5) is 14.6. The van der Waals surface area contributed by atoms with Gasteiger partial charge >= 0.3 is 0 Å². The normalized spacial score (nSPS) is 23.1. The van der Waals surface area contributed by atoms with Crippen LogP contribution in [-0.4, -0.2) is 61.3 Å². The second-order valence-electron chi connectivity index (χ2n) is 8.99. The summed E-state index contributed by atoms with van der Waals surface area (Å²) in [5.41, 5.74) is 10.0. The lowest BCUT2D eigenvalue weighted by atomic mass is 10.0. The molecule has 7 heteroatoms. The number of nitrogens with one attached hydrogen (secondary N) is 3. The van der Waals surface area contributed by atoms with Crippen LogP contribution in [0.1, 0.15) is 40.4 Å². The maximum absolute atomic E-state index is 12.8. The molecular formula is C26H34N4O3. The predicted octanol–water partition coefficient (Wildman–Crippen LogP) is 2.16. The second-order valence-corrected chi connectivity index (χ2v) is 8.99. The average Bonchev–Trinajstić information content (AvgIpc) is 3.49. The summed E-state index contributed by atoms with van der Waals surface area (Å²) in [7, 11) is 3.48. The van der Waals surface area contributed by atoms with Crippen molar-refractivity contribution in [1.29, 1.82) is 0 Å². The predicted molar refractivity (Wildman–Crippen MR) is 128 cm³/mol. The Morgan fingerprint density at radius 1 is 1.15 bits per heavy atom. The smallest absolute Gasteiger partial charge is 0.253 e. The largest absolute Gasteiger partial charge is 0.387 e. The molecule has 4 N–H and O–H groups in total. The van der Waals surface area contributed by atoms with E-state index in [0.29, 0.717) is 24.8 Å². The fourth-order valence-electron chi connectivity index (χ4n) is 4.66. The number of amides is 1. The summed E-state index contributed by atoms with van der Waals surface area (Å²) in [6.45, 7) is 1.09. The van der Waals surface area contributed by atoms with Gasteiger partial charge in [0.15, 0.2) is 0 Å². The molecule has 0 spiro atoms. The number of ether oxygens (including phenoxy) is 1. The van der Waals surface area contributed by atoms with Gasteiger partial charge in [-0.1, -0.05) is 42.5 Å². The summed E-state index contributed by atoms with van der Waals surface area (Å²) in [5, 5.41) is 14.3. The minimum atomic E-state index is -0.489. The van der Waals surface area contributed by atoms with Crippen LogP contribution >= 0.6 is 0 Å². The van der Waals surface area contributed by atoms with Crippen LogP contribution in [0, 0.1) is 0 Å². The molecule has 4 atom stereocenters. The van der Waals surface area contributed by atoms with Crippen molar-refractivity contribution >= 4 is 5.91 Å². The Morgan fingerprint density at radius 3 is 2.64 bits per heavy atom. The number of nitrogens with zero attached hydrogens (tertiary/aromatic N) is 1. The van der Waals surface area contributed by atoms with Crippen molar-refractivity contribution in [2.75, 3.05) is 27.3 Å². The Bertz CT molecular complexity index is 948. The summed E-state index contributed by atoms with van der Waals surface area (Å²) < 4.78 is 5.12. The van der Waals surface area contributed by atoms with Gasteiger partial charge in [0, 0.05) is 44.0 Å². The first-order valence-corrected chi connectivity index (χ1v) is 11.6. The molecule has 4 rings (SSSR count). The summed E-state index contributed by atoms with van der Waals surface area (Å²) in [6.07, 6.45) is 4.42. The zero-order valence-electron chi connectivity index (χ0n) is 19.3. The third-order valence-electron chi connectivity index (χ3n) is 6.42. The molecule has 1 saturated heterocycles. The van der Waals surface area contributed by atoms with E-state index in [1.165, 1.54) is 5.56 Å². The molecule has 33 heavy (non-hydrogen) atoms. The third kappa shape index (κ3) is 6.00. The molecule has 2 aliphatic heterocycles. The quantitative estimate of drug-likeness (QED) is 0.469. The lowest BCUT2D eigenvalue weighted by Gasteiger charge is -2.21. The summed E-state index contributed by atoms with van der Waals surface area (Å²) in [6, 6.07) is 18.2. The first-order chi connectivity index (χ1) is 16.0. The maximum Gasteiger partial charge on any atom is 0.253 e. The lowest BCUT2D eigenvalue weighted by Crippen LogP contribution is -2.42. The van der Waals surface area contributed by atoms with Crippen molar-refractivity contribution in [3.8, 4) is 0 Å². The van der Waals surface area contributed by atoms with Gasteiger partial charge in [-0.25, -0.2) is 5.43 Å². The standard InChI is InChI=1S/C26H34N4O3/c1-30(16-22-15-23(17-33-2)29-28-22)26(32)20-10-8-18(9-11-20)14-21-12-13-24(27-21)25(31)19-6-4-3-5-7-19/h3-11,15,21-22,24-25,27-29,31H,12-14,16-17H2,1-2H3/t21-,22?,24+,25+/m0/s1. The highest BCUT2D eigenvalue weighted by Gasteiger charge is 2.30.